The summed E-state index contributed by atoms with van der Waals surface area (Å²) in [5, 5.41) is 3.79. The van der Waals surface area contributed by atoms with Crippen molar-refractivity contribution in [1.29, 1.82) is 0 Å². The quantitative estimate of drug-likeness (QED) is 0.424. The largest absolute Gasteiger partial charge is 0.324 e. The minimum Gasteiger partial charge on any atom is -0.324 e. The number of carbonyl (C=O) groups excluding carboxylic acids is 1. The summed E-state index contributed by atoms with van der Waals surface area (Å²) < 4.78 is 3.25. The highest BCUT2D eigenvalue weighted by molar-refractivity contribution is 9.11. The van der Waals surface area contributed by atoms with Crippen molar-refractivity contribution in [2.45, 2.75) is 18.6 Å². The second-order valence-electron chi connectivity index (χ2n) is 5.28. The van der Waals surface area contributed by atoms with Crippen LogP contribution in [0.25, 0.3) is 11.0 Å². The number of nitrogens with zero attached hydrogens (tertiary/aromatic N) is 3. The van der Waals surface area contributed by atoms with E-state index < -0.39 is 0 Å². The van der Waals surface area contributed by atoms with Crippen molar-refractivity contribution in [3.05, 3.63) is 55.8 Å². The number of pyridine rings is 1. The predicted molar refractivity (Wildman–Crippen MR) is 111 cm³/mol. The Morgan fingerprint density at radius 2 is 2.12 bits per heavy atom. The number of aromatic nitrogens is 3. The van der Waals surface area contributed by atoms with E-state index in [4.69, 9.17) is 0 Å². The molecule has 0 radical (unpaired) electrons. The van der Waals surface area contributed by atoms with Crippen molar-refractivity contribution in [2.24, 2.45) is 0 Å². The Kier molecular flexibility index (Phi) is 6.10. The van der Waals surface area contributed by atoms with E-state index in [0.29, 0.717) is 28.4 Å². The molecule has 0 bridgehead atoms. The summed E-state index contributed by atoms with van der Waals surface area (Å²) in [6.45, 7) is 2.34. The number of rotatable bonds is 5. The molecule has 0 fully saturated rings. The van der Waals surface area contributed by atoms with Gasteiger partial charge in [0.05, 0.1) is 16.8 Å². The maximum atomic E-state index is 12.6. The lowest BCUT2D eigenvalue weighted by atomic mass is 10.3. The van der Waals surface area contributed by atoms with Crippen molar-refractivity contribution < 1.29 is 4.79 Å². The van der Waals surface area contributed by atoms with E-state index >= 15 is 0 Å². The molecule has 1 aromatic carbocycles. The van der Waals surface area contributed by atoms with Gasteiger partial charge in [-0.05, 0) is 53.2 Å². The maximum Gasteiger partial charge on any atom is 0.263 e. The number of nitrogens with one attached hydrogen (secondary N) is 1. The first-order valence-electron chi connectivity index (χ1n) is 7.73. The molecular formula is C17H14Br2N4O2S. The minimum absolute atomic E-state index is 0.132. The van der Waals surface area contributed by atoms with E-state index in [1.54, 1.807) is 29.0 Å². The molecule has 0 aliphatic heterocycles. The molecule has 3 rings (SSSR count). The first kappa shape index (κ1) is 19.1. The Morgan fingerprint density at radius 1 is 1.31 bits per heavy atom. The SMILES string of the molecule is CCn1c(SCC(=O)Nc2ccc(Br)cc2Br)nc2ncccc2c1=O. The van der Waals surface area contributed by atoms with Gasteiger partial charge in [-0.15, -0.1) is 0 Å². The van der Waals surface area contributed by atoms with Crippen LogP contribution in [-0.2, 0) is 11.3 Å². The summed E-state index contributed by atoms with van der Waals surface area (Å²) in [5.41, 5.74) is 0.921. The first-order chi connectivity index (χ1) is 12.5. The minimum atomic E-state index is -0.184. The lowest BCUT2D eigenvalue weighted by molar-refractivity contribution is -0.113. The summed E-state index contributed by atoms with van der Waals surface area (Å²) in [4.78, 5) is 33.4. The van der Waals surface area contributed by atoms with Crippen molar-refractivity contribution >= 4 is 66.2 Å². The molecule has 0 atom stereocenters. The molecule has 2 heterocycles. The molecule has 2 aromatic heterocycles. The highest BCUT2D eigenvalue weighted by atomic mass is 79.9. The highest BCUT2D eigenvalue weighted by Gasteiger charge is 2.13. The van der Waals surface area contributed by atoms with Crippen LogP contribution in [0.3, 0.4) is 0 Å². The Morgan fingerprint density at radius 3 is 2.85 bits per heavy atom. The zero-order chi connectivity index (χ0) is 18.7. The molecular weight excluding hydrogens is 484 g/mol. The molecule has 26 heavy (non-hydrogen) atoms. The van der Waals surface area contributed by atoms with Gasteiger partial charge in [-0.25, -0.2) is 9.97 Å². The van der Waals surface area contributed by atoms with Crippen LogP contribution in [0, 0.1) is 0 Å². The van der Waals surface area contributed by atoms with Crippen LogP contribution in [0.1, 0.15) is 6.92 Å². The zero-order valence-corrected chi connectivity index (χ0v) is 17.7. The van der Waals surface area contributed by atoms with E-state index in [2.05, 4.69) is 47.1 Å². The number of thioether (sulfide) groups is 1. The van der Waals surface area contributed by atoms with Crippen molar-refractivity contribution in [3.63, 3.8) is 0 Å². The lowest BCUT2D eigenvalue weighted by Gasteiger charge is -2.11. The van der Waals surface area contributed by atoms with Crippen molar-refractivity contribution in [1.82, 2.24) is 14.5 Å². The fraction of sp³-hybridized carbons (Fsp3) is 0.176. The fourth-order valence-corrected chi connectivity index (χ4v) is 4.33. The van der Waals surface area contributed by atoms with E-state index in [0.717, 1.165) is 8.95 Å². The van der Waals surface area contributed by atoms with Gasteiger partial charge >= 0.3 is 0 Å². The van der Waals surface area contributed by atoms with Crippen LogP contribution in [0.4, 0.5) is 5.69 Å². The Labute approximate surface area is 170 Å². The van der Waals surface area contributed by atoms with Crippen LogP contribution in [0.15, 0.2) is 55.4 Å². The predicted octanol–water partition coefficient (Wildman–Crippen LogP) is 4.07. The number of halogens is 2. The molecule has 0 aliphatic carbocycles. The molecule has 134 valence electrons. The zero-order valence-electron chi connectivity index (χ0n) is 13.7. The summed E-state index contributed by atoms with van der Waals surface area (Å²) in [7, 11) is 0. The molecule has 6 nitrogen and oxygen atoms in total. The highest BCUT2D eigenvalue weighted by Crippen LogP contribution is 2.26. The fourth-order valence-electron chi connectivity index (χ4n) is 2.33. The number of hydrogen-bond donors (Lipinski definition) is 1. The molecule has 0 spiro atoms. The van der Waals surface area contributed by atoms with Gasteiger partial charge in [0.15, 0.2) is 10.8 Å². The number of anilines is 1. The summed E-state index contributed by atoms with van der Waals surface area (Å²) in [6, 6.07) is 8.92. The van der Waals surface area contributed by atoms with Gasteiger partial charge < -0.3 is 5.32 Å². The monoisotopic (exact) mass is 496 g/mol. The van der Waals surface area contributed by atoms with Gasteiger partial charge in [0, 0.05) is 21.7 Å². The summed E-state index contributed by atoms with van der Waals surface area (Å²) in [6.07, 6.45) is 1.59. The maximum absolute atomic E-state index is 12.6. The van der Waals surface area contributed by atoms with Crippen molar-refractivity contribution in [3.8, 4) is 0 Å². The van der Waals surface area contributed by atoms with Gasteiger partial charge in [0.25, 0.3) is 5.56 Å². The molecule has 9 heteroatoms. The van der Waals surface area contributed by atoms with Gasteiger partial charge in [0.2, 0.25) is 5.91 Å². The number of benzene rings is 1. The molecule has 3 aromatic rings. The smallest absolute Gasteiger partial charge is 0.263 e. The normalized spacial score (nSPS) is 10.9. The average Bonchev–Trinajstić information content (AvgIpc) is 2.62. The van der Waals surface area contributed by atoms with Gasteiger partial charge in [-0.2, -0.15) is 0 Å². The van der Waals surface area contributed by atoms with Crippen LogP contribution in [0.5, 0.6) is 0 Å². The molecule has 1 N–H and O–H groups in total. The topological polar surface area (TPSA) is 76.9 Å². The molecule has 0 saturated carbocycles. The molecule has 0 aliphatic rings. The van der Waals surface area contributed by atoms with Crippen LogP contribution in [0.2, 0.25) is 0 Å². The molecule has 0 unspecified atom stereocenters. The number of carbonyl (C=O) groups is 1. The number of hydrogen-bond acceptors (Lipinski definition) is 5. The van der Waals surface area contributed by atoms with E-state index in [1.165, 1.54) is 11.8 Å². The summed E-state index contributed by atoms with van der Waals surface area (Å²) >= 11 is 8.00. The Hall–Kier alpha value is -1.71. The Bertz CT molecular complexity index is 1040. The van der Waals surface area contributed by atoms with Gasteiger partial charge in [-0.1, -0.05) is 27.7 Å². The second kappa shape index (κ2) is 8.32. The number of amides is 1. The Balaban J connectivity index is 1.78. The standard InChI is InChI=1S/C17H14Br2N4O2S/c1-2-23-16(25)11-4-3-7-20-15(11)22-17(23)26-9-14(24)21-13-6-5-10(18)8-12(13)19/h3-8H,2,9H2,1H3,(H,21,24). The second-order valence-corrected chi connectivity index (χ2v) is 7.99. The van der Waals surface area contributed by atoms with Gasteiger partial charge in [-0.3, -0.25) is 14.2 Å². The first-order valence-corrected chi connectivity index (χ1v) is 10.3. The third-order valence-electron chi connectivity index (χ3n) is 3.55. The third-order valence-corrected chi connectivity index (χ3v) is 5.67. The van der Waals surface area contributed by atoms with Crippen molar-refractivity contribution in [2.75, 3.05) is 11.1 Å². The van der Waals surface area contributed by atoms with Crippen LogP contribution < -0.4 is 10.9 Å². The van der Waals surface area contributed by atoms with Crippen LogP contribution >= 0.6 is 43.6 Å². The molecule has 1 amide bonds. The van der Waals surface area contributed by atoms with E-state index in [1.807, 2.05) is 19.1 Å². The third kappa shape index (κ3) is 4.16. The van der Waals surface area contributed by atoms with Crippen LogP contribution in [-0.4, -0.2) is 26.2 Å². The molecule has 0 saturated heterocycles. The summed E-state index contributed by atoms with van der Waals surface area (Å²) in [5.74, 6) is -0.0520. The lowest BCUT2D eigenvalue weighted by Crippen LogP contribution is -2.23. The van der Waals surface area contributed by atoms with E-state index in [-0.39, 0.29) is 17.2 Å². The van der Waals surface area contributed by atoms with E-state index in [9.17, 15) is 9.59 Å². The van der Waals surface area contributed by atoms with Gasteiger partial charge in [0.1, 0.15) is 0 Å². The number of fused-ring (bicyclic) bond motifs is 1. The average molecular weight is 498 g/mol.